The van der Waals surface area contributed by atoms with E-state index < -0.39 is 0 Å². The summed E-state index contributed by atoms with van der Waals surface area (Å²) in [5.74, 6) is 0.578. The first-order valence-electron chi connectivity index (χ1n) is 6.84. The highest BCUT2D eigenvalue weighted by atomic mass is 16.5. The molecule has 17 heavy (non-hydrogen) atoms. The van der Waals surface area contributed by atoms with Crippen molar-refractivity contribution in [3.8, 4) is 0 Å². The van der Waals surface area contributed by atoms with Crippen molar-refractivity contribution in [1.82, 2.24) is 10.0 Å². The fourth-order valence-corrected chi connectivity index (χ4v) is 3.07. The van der Waals surface area contributed by atoms with E-state index in [2.05, 4.69) is 11.9 Å². The van der Waals surface area contributed by atoms with Crippen LogP contribution in [-0.4, -0.2) is 48.8 Å². The molecule has 98 valence electrons. The summed E-state index contributed by atoms with van der Waals surface area (Å²) in [6.07, 6.45) is 5.50. The maximum Gasteiger partial charge on any atom is 0.239 e. The molecule has 1 amide bonds. The van der Waals surface area contributed by atoms with Crippen molar-refractivity contribution in [3.63, 3.8) is 0 Å². The van der Waals surface area contributed by atoms with E-state index in [4.69, 9.17) is 4.74 Å². The van der Waals surface area contributed by atoms with Gasteiger partial charge in [-0.3, -0.25) is 9.80 Å². The number of ether oxygens (including phenoxy) is 1. The molecule has 2 rings (SSSR count). The fourth-order valence-electron chi connectivity index (χ4n) is 3.07. The van der Waals surface area contributed by atoms with Crippen LogP contribution >= 0.6 is 0 Å². The van der Waals surface area contributed by atoms with Crippen molar-refractivity contribution >= 4 is 5.91 Å². The molecule has 0 unspecified atom stereocenters. The Morgan fingerprint density at radius 1 is 1.29 bits per heavy atom. The first-order valence-corrected chi connectivity index (χ1v) is 6.84. The van der Waals surface area contributed by atoms with E-state index in [-0.39, 0.29) is 5.92 Å². The minimum Gasteiger partial charge on any atom is -0.383 e. The average Bonchev–Trinajstić information content (AvgIpc) is 2.78. The summed E-state index contributed by atoms with van der Waals surface area (Å²) in [5, 5.41) is 4.27. The summed E-state index contributed by atoms with van der Waals surface area (Å²) in [4.78, 5) is 12.3. The summed E-state index contributed by atoms with van der Waals surface area (Å²) in [7, 11) is 1.74. The molecule has 0 aromatic rings. The zero-order valence-corrected chi connectivity index (χ0v) is 11.0. The largest absolute Gasteiger partial charge is 0.383 e. The molecule has 2 aliphatic heterocycles. The number of hydrogen-bond acceptors (Lipinski definition) is 3. The molecular formula is C13H24N2O2. The molecule has 2 atom stereocenters. The lowest BCUT2D eigenvalue weighted by Crippen LogP contribution is -2.54. The predicted octanol–water partition coefficient (Wildman–Crippen LogP) is 1.66. The van der Waals surface area contributed by atoms with Gasteiger partial charge in [0, 0.05) is 26.1 Å². The van der Waals surface area contributed by atoms with Gasteiger partial charge in [0.05, 0.1) is 12.6 Å². The first-order chi connectivity index (χ1) is 8.27. The molecule has 0 spiro atoms. The van der Waals surface area contributed by atoms with Gasteiger partial charge in [0.1, 0.15) is 0 Å². The van der Waals surface area contributed by atoms with E-state index in [0.29, 0.717) is 11.9 Å². The van der Waals surface area contributed by atoms with Gasteiger partial charge in [-0.1, -0.05) is 6.92 Å². The van der Waals surface area contributed by atoms with E-state index in [1.807, 2.05) is 5.01 Å². The number of carbonyl (C=O) groups excluding carboxylic acids is 1. The maximum absolute atomic E-state index is 12.3. The summed E-state index contributed by atoms with van der Waals surface area (Å²) in [5.41, 5.74) is 0. The monoisotopic (exact) mass is 240 g/mol. The smallest absolute Gasteiger partial charge is 0.239 e. The second-order valence-corrected chi connectivity index (χ2v) is 5.12. The Morgan fingerprint density at radius 2 is 2.06 bits per heavy atom. The molecule has 4 heteroatoms. The topological polar surface area (TPSA) is 32.8 Å². The SMILES string of the molecule is CC[C@H]1CCCN(N2CCC[C@H]2COC)C1=O. The van der Waals surface area contributed by atoms with Crippen molar-refractivity contribution in [2.75, 3.05) is 26.8 Å². The lowest BCUT2D eigenvalue weighted by Gasteiger charge is -2.40. The zero-order valence-electron chi connectivity index (χ0n) is 11.0. The third-order valence-corrected chi connectivity index (χ3v) is 4.03. The summed E-state index contributed by atoms with van der Waals surface area (Å²) in [6.45, 7) is 4.76. The minimum absolute atomic E-state index is 0.243. The quantitative estimate of drug-likeness (QED) is 0.749. The molecule has 0 aliphatic carbocycles. The minimum atomic E-state index is 0.243. The number of amides is 1. The normalized spacial score (nSPS) is 31.2. The van der Waals surface area contributed by atoms with Gasteiger partial charge in [-0.15, -0.1) is 0 Å². The summed E-state index contributed by atoms with van der Waals surface area (Å²) in [6, 6.07) is 0.402. The first kappa shape index (κ1) is 12.8. The Balaban J connectivity index is 2.02. The van der Waals surface area contributed by atoms with Crippen LogP contribution in [0.1, 0.15) is 39.0 Å². The van der Waals surface area contributed by atoms with Gasteiger partial charge in [0.25, 0.3) is 0 Å². The second kappa shape index (κ2) is 5.83. The Morgan fingerprint density at radius 3 is 2.76 bits per heavy atom. The molecule has 2 aliphatic rings. The second-order valence-electron chi connectivity index (χ2n) is 5.12. The van der Waals surface area contributed by atoms with Gasteiger partial charge < -0.3 is 4.74 Å². The lowest BCUT2D eigenvalue weighted by molar-refractivity contribution is -0.162. The van der Waals surface area contributed by atoms with E-state index in [0.717, 1.165) is 45.4 Å². The van der Waals surface area contributed by atoms with Gasteiger partial charge in [0.15, 0.2) is 0 Å². The average molecular weight is 240 g/mol. The van der Waals surface area contributed by atoms with Crippen LogP contribution in [0.3, 0.4) is 0 Å². The molecule has 2 heterocycles. The lowest BCUT2D eigenvalue weighted by atomic mass is 9.95. The highest BCUT2D eigenvalue weighted by molar-refractivity contribution is 5.79. The molecule has 0 aromatic carbocycles. The van der Waals surface area contributed by atoms with E-state index >= 15 is 0 Å². The molecule has 4 nitrogen and oxygen atoms in total. The van der Waals surface area contributed by atoms with Crippen molar-refractivity contribution in [2.24, 2.45) is 5.92 Å². The number of hydrazine groups is 1. The number of piperidine rings is 1. The number of methoxy groups -OCH3 is 1. The van der Waals surface area contributed by atoms with Crippen molar-refractivity contribution in [2.45, 2.75) is 45.1 Å². The molecule has 0 N–H and O–H groups in total. The summed E-state index contributed by atoms with van der Waals surface area (Å²) >= 11 is 0. The van der Waals surface area contributed by atoms with Crippen molar-refractivity contribution in [3.05, 3.63) is 0 Å². The number of carbonyl (C=O) groups is 1. The van der Waals surface area contributed by atoms with Crippen molar-refractivity contribution in [1.29, 1.82) is 0 Å². The van der Waals surface area contributed by atoms with Crippen molar-refractivity contribution < 1.29 is 9.53 Å². The number of nitrogens with zero attached hydrogens (tertiary/aromatic N) is 2. The number of rotatable bonds is 4. The number of hydrogen-bond donors (Lipinski definition) is 0. The van der Waals surface area contributed by atoms with E-state index in [1.165, 1.54) is 6.42 Å². The predicted molar refractivity (Wildman–Crippen MR) is 66.3 cm³/mol. The molecule has 2 fully saturated rings. The van der Waals surface area contributed by atoms with Gasteiger partial charge in [0.2, 0.25) is 5.91 Å². The molecule has 0 saturated carbocycles. The molecule has 2 saturated heterocycles. The Labute approximate surface area is 104 Å². The molecule has 0 radical (unpaired) electrons. The fraction of sp³-hybridized carbons (Fsp3) is 0.923. The summed E-state index contributed by atoms with van der Waals surface area (Å²) < 4.78 is 5.26. The van der Waals surface area contributed by atoms with Crippen LogP contribution in [-0.2, 0) is 9.53 Å². The van der Waals surface area contributed by atoms with E-state index in [1.54, 1.807) is 7.11 Å². The van der Waals surface area contributed by atoms with Crippen LogP contribution in [0.4, 0.5) is 0 Å². The highest BCUT2D eigenvalue weighted by Crippen LogP contribution is 2.27. The molecule has 0 bridgehead atoms. The molecule has 0 aromatic heterocycles. The Bertz CT molecular complexity index is 270. The molecular weight excluding hydrogens is 216 g/mol. The standard InChI is InChI=1S/C13H24N2O2/c1-3-11-6-4-9-15(13(11)16)14-8-5-7-12(14)10-17-2/h11-12H,3-10H2,1-2H3/t11-,12-/m0/s1. The Hall–Kier alpha value is -0.610. The van der Waals surface area contributed by atoms with Crippen LogP contribution in [0.2, 0.25) is 0 Å². The maximum atomic E-state index is 12.3. The van der Waals surface area contributed by atoms with Gasteiger partial charge in [-0.05, 0) is 32.1 Å². The van der Waals surface area contributed by atoms with Crippen LogP contribution in [0.25, 0.3) is 0 Å². The van der Waals surface area contributed by atoms with E-state index in [9.17, 15) is 4.79 Å². The van der Waals surface area contributed by atoms with Crippen LogP contribution in [0.5, 0.6) is 0 Å². The third-order valence-electron chi connectivity index (χ3n) is 4.03. The van der Waals surface area contributed by atoms with Crippen LogP contribution in [0.15, 0.2) is 0 Å². The highest BCUT2D eigenvalue weighted by Gasteiger charge is 2.36. The zero-order chi connectivity index (χ0) is 12.3. The van der Waals surface area contributed by atoms with Gasteiger partial charge in [-0.25, -0.2) is 5.01 Å². The van der Waals surface area contributed by atoms with Gasteiger partial charge >= 0.3 is 0 Å². The van der Waals surface area contributed by atoms with Crippen LogP contribution < -0.4 is 0 Å². The Kier molecular flexibility index (Phi) is 4.40. The third kappa shape index (κ3) is 2.63. The van der Waals surface area contributed by atoms with Crippen LogP contribution in [0, 0.1) is 5.92 Å². The van der Waals surface area contributed by atoms with Gasteiger partial charge in [-0.2, -0.15) is 0 Å².